The van der Waals surface area contributed by atoms with E-state index in [0.29, 0.717) is 32.2 Å². The molecular formula is C56H61N5O13P3+. The number of benzene rings is 6. The van der Waals surface area contributed by atoms with Crippen LogP contribution in [0.5, 0.6) is 0 Å². The van der Waals surface area contributed by atoms with Gasteiger partial charge in [0.15, 0.2) is 0 Å². The summed E-state index contributed by atoms with van der Waals surface area (Å²) in [7, 11) is -12.4. The second-order valence-electron chi connectivity index (χ2n) is 19.9. The summed E-state index contributed by atoms with van der Waals surface area (Å²) in [6.45, 7) is 1.89. The monoisotopic (exact) mass is 1100 g/mol. The van der Waals surface area contributed by atoms with Crippen LogP contribution in [0.4, 0.5) is 22.7 Å². The topological polar surface area (TPSA) is 244 Å². The maximum Gasteiger partial charge on any atom is 0.490 e. The van der Waals surface area contributed by atoms with Gasteiger partial charge in [-0.15, -0.1) is 0 Å². The molecule has 21 heteroatoms. The fourth-order valence-corrected chi connectivity index (χ4v) is 14.2. The summed E-state index contributed by atoms with van der Waals surface area (Å²) in [6, 6.07) is 47.8. The number of piperidine rings is 1. The Morgan fingerprint density at radius 1 is 0.792 bits per heavy atom. The molecule has 1 saturated heterocycles. The minimum Gasteiger partial charge on any atom is -0.456 e. The molecule has 4 unspecified atom stereocenters. The summed E-state index contributed by atoms with van der Waals surface area (Å²) in [5.41, 5.74) is 11.1. The molecule has 6 atom stereocenters. The number of likely N-dealkylation sites (tertiary alicyclic amines) is 1. The van der Waals surface area contributed by atoms with E-state index >= 15 is 0 Å². The lowest BCUT2D eigenvalue weighted by molar-refractivity contribution is -0.126. The number of anilines is 3. The molecule has 1 amide bonds. The average Bonchev–Trinajstić information content (AvgIpc) is 4.02. The molecule has 10 rings (SSSR count). The Balaban J connectivity index is 0.778. The predicted octanol–water partition coefficient (Wildman–Crippen LogP) is 9.94. The lowest BCUT2D eigenvalue weighted by Gasteiger charge is -2.32. The highest BCUT2D eigenvalue weighted by Gasteiger charge is 2.44. The number of carbonyl (C=O) groups excluding carboxylic acids is 1. The third-order valence-corrected chi connectivity index (χ3v) is 18.8. The molecule has 5 aliphatic rings. The zero-order chi connectivity index (χ0) is 54.1. The Kier molecular flexibility index (Phi) is 16.0. The van der Waals surface area contributed by atoms with E-state index in [2.05, 4.69) is 133 Å². The molecule has 5 aromatic carbocycles. The number of fused-ring (bicyclic) bond motifs is 3. The number of aliphatic hydroxyl groups is 1. The molecule has 0 bridgehead atoms. The van der Waals surface area contributed by atoms with Gasteiger partial charge in [0.05, 0.1) is 25.4 Å². The summed E-state index contributed by atoms with van der Waals surface area (Å²) in [4.78, 5) is 55.3. The first-order valence-corrected chi connectivity index (χ1v) is 29.9. The van der Waals surface area contributed by atoms with Gasteiger partial charge in [0.2, 0.25) is 17.0 Å². The van der Waals surface area contributed by atoms with E-state index in [-0.39, 0.29) is 30.3 Å². The first-order valence-electron chi connectivity index (χ1n) is 25.4. The maximum absolute atomic E-state index is 13.7. The highest BCUT2D eigenvalue weighted by atomic mass is 31.3. The van der Waals surface area contributed by atoms with E-state index in [1.54, 1.807) is 0 Å². The van der Waals surface area contributed by atoms with Crippen LogP contribution in [0.15, 0.2) is 150 Å². The van der Waals surface area contributed by atoms with Crippen LogP contribution in [0.1, 0.15) is 48.3 Å². The molecule has 0 spiro atoms. The van der Waals surface area contributed by atoms with Crippen molar-refractivity contribution in [2.24, 2.45) is 17.8 Å². The van der Waals surface area contributed by atoms with Gasteiger partial charge in [-0.3, -0.25) is 14.2 Å². The van der Waals surface area contributed by atoms with E-state index in [1.165, 1.54) is 5.56 Å². The number of phosphoric acid groups is 3. The van der Waals surface area contributed by atoms with Crippen molar-refractivity contribution in [1.29, 1.82) is 0 Å². The molecule has 77 heavy (non-hydrogen) atoms. The Morgan fingerprint density at radius 2 is 1.52 bits per heavy atom. The number of allylic oxidation sites excluding steroid dienone is 1. The summed E-state index contributed by atoms with van der Waals surface area (Å²) < 4.78 is 56.5. The van der Waals surface area contributed by atoms with Crippen LogP contribution in [0.25, 0.3) is 39.5 Å². The zero-order valence-electron chi connectivity index (χ0n) is 42.4. The van der Waals surface area contributed by atoms with Crippen LogP contribution in [0.3, 0.4) is 0 Å². The number of phosphoric ester groups is 1. The van der Waals surface area contributed by atoms with E-state index in [4.69, 9.17) is 18.7 Å². The SMILES string of the molecule is CN(c1ccccc1)c1ccc2c(-c3ccccc3CN3CCC(C(=O)NCNc4cccc5c4C=CC5[C@H]4CC(O)[C@@H](COP(=O)(O)OP(=O)(O)OP(=O)(O)O)C4)CC3)c3ccc(=[N+](C)c4ccccc4)cc-3oc2c1. The smallest absolute Gasteiger partial charge is 0.456 e. The van der Waals surface area contributed by atoms with Crippen molar-refractivity contribution >= 4 is 69.2 Å². The number of nitrogens with zero attached hydrogens (tertiary/aromatic N) is 3. The Morgan fingerprint density at radius 3 is 2.27 bits per heavy atom. The van der Waals surface area contributed by atoms with Crippen molar-refractivity contribution in [3.05, 3.63) is 168 Å². The molecular weight excluding hydrogens is 1040 g/mol. The van der Waals surface area contributed by atoms with Gasteiger partial charge in [-0.25, -0.2) is 13.7 Å². The molecule has 402 valence electrons. The molecule has 18 nitrogen and oxygen atoms in total. The number of rotatable bonds is 18. The molecule has 2 fully saturated rings. The molecule has 0 radical (unpaired) electrons. The summed E-state index contributed by atoms with van der Waals surface area (Å²) in [6.07, 6.45) is 5.20. The lowest BCUT2D eigenvalue weighted by Crippen LogP contribution is -2.41. The minimum atomic E-state index is -5.66. The number of aliphatic hydroxyl groups excluding tert-OH is 1. The van der Waals surface area contributed by atoms with Gasteiger partial charge in [0.25, 0.3) is 0 Å². The number of carbonyl (C=O) groups is 1. The van der Waals surface area contributed by atoms with Crippen LogP contribution in [0, 0.1) is 17.8 Å². The highest BCUT2D eigenvalue weighted by Crippen LogP contribution is 2.66. The van der Waals surface area contributed by atoms with E-state index in [9.17, 15) is 33.4 Å². The van der Waals surface area contributed by atoms with Gasteiger partial charge in [0, 0.05) is 94.8 Å². The second-order valence-corrected chi connectivity index (χ2v) is 24.3. The minimum absolute atomic E-state index is 0.0127. The largest absolute Gasteiger partial charge is 0.490 e. The highest BCUT2D eigenvalue weighted by molar-refractivity contribution is 7.66. The van der Waals surface area contributed by atoms with Crippen molar-refractivity contribution in [2.45, 2.75) is 44.2 Å². The van der Waals surface area contributed by atoms with Crippen LogP contribution in [0.2, 0.25) is 0 Å². The number of nitrogens with one attached hydrogen (secondary N) is 2. The molecule has 5 aromatic rings. The zero-order valence-corrected chi connectivity index (χ0v) is 45.1. The van der Waals surface area contributed by atoms with E-state index < -0.39 is 42.1 Å². The number of para-hydroxylation sites is 2. The van der Waals surface area contributed by atoms with Crippen LogP contribution >= 0.6 is 23.5 Å². The van der Waals surface area contributed by atoms with Crippen molar-refractivity contribution in [3.63, 3.8) is 0 Å². The van der Waals surface area contributed by atoms with Gasteiger partial charge in [-0.2, -0.15) is 13.2 Å². The average molecular weight is 1110 g/mol. The Hall–Kier alpha value is -6.07. The summed E-state index contributed by atoms with van der Waals surface area (Å²) in [5, 5.41) is 19.4. The summed E-state index contributed by atoms with van der Waals surface area (Å²) >= 11 is 0. The molecule has 2 aliphatic heterocycles. The number of hydrogen-bond acceptors (Lipinski definition) is 12. The molecule has 0 aromatic heterocycles. The fourth-order valence-electron chi connectivity index (χ4n) is 11.1. The Bertz CT molecular complexity index is 3510. The van der Waals surface area contributed by atoms with Gasteiger partial charge >= 0.3 is 23.5 Å². The number of hydrogen-bond donors (Lipinski definition) is 7. The van der Waals surface area contributed by atoms with E-state index in [0.717, 1.165) is 85.7 Å². The van der Waals surface area contributed by atoms with Gasteiger partial charge in [0.1, 0.15) is 18.4 Å². The van der Waals surface area contributed by atoms with Gasteiger partial charge < -0.3 is 44.6 Å². The third-order valence-electron chi connectivity index (χ3n) is 15.0. The predicted molar refractivity (Wildman–Crippen MR) is 295 cm³/mol. The van der Waals surface area contributed by atoms with Crippen molar-refractivity contribution in [1.82, 2.24) is 14.8 Å². The van der Waals surface area contributed by atoms with Crippen molar-refractivity contribution in [2.75, 3.05) is 50.7 Å². The van der Waals surface area contributed by atoms with Crippen molar-refractivity contribution in [3.8, 4) is 22.5 Å². The normalized spacial score (nSPS) is 20.9. The number of amides is 1. The quantitative estimate of drug-likeness (QED) is 0.0183. The summed E-state index contributed by atoms with van der Waals surface area (Å²) in [5.74, 6) is -0.235. The third kappa shape index (κ3) is 12.6. The van der Waals surface area contributed by atoms with Gasteiger partial charge in [-0.1, -0.05) is 84.9 Å². The van der Waals surface area contributed by atoms with Crippen LogP contribution in [-0.4, -0.2) is 82.1 Å². The second kappa shape index (κ2) is 22.7. The van der Waals surface area contributed by atoms with E-state index in [1.807, 2.05) is 66.7 Å². The molecule has 7 N–H and O–H groups in total. The first-order chi connectivity index (χ1) is 36.9. The van der Waals surface area contributed by atoms with Crippen molar-refractivity contribution < 1.29 is 60.7 Å². The molecule has 2 heterocycles. The fraction of sp³-hybridized carbons (Fsp3) is 0.286. The lowest BCUT2D eigenvalue weighted by atomic mass is 9.85. The maximum atomic E-state index is 13.7. The standard InChI is InChI=1S/C56H60N5O13P3/c1-59(41-13-5-3-6-14-41)43-20-22-49-53(32-43)72-54-33-44(60(2)42-15-7-4-8-16-42)21-23-50(54)55(49)46-17-10-9-12-38(46)34-61-28-26-37(27-29-61)56(63)58-36-57-51-19-11-18-47-45(24-25-48(47)51)39-30-40(52(62)31-39)35-71-76(67,68)74-77(69,70)73-75(64,65)66/h3-25,32-33,37,39-40,45,52,57,62H,26-31,34-36H2,1-2H3,(H4-,58,63,64,65,66,67,68,69,70)/p+1/t39-,40-,45?,52?/m1/s1. The van der Waals surface area contributed by atoms with Crippen LogP contribution in [-0.2, 0) is 38.2 Å². The Labute approximate surface area is 445 Å². The molecule has 3 aliphatic carbocycles. The van der Waals surface area contributed by atoms with Gasteiger partial charge in [-0.05, 0) is 97.8 Å². The first kappa shape index (κ1) is 54.3. The molecule has 1 saturated carbocycles. The van der Waals surface area contributed by atoms with Crippen LogP contribution < -0.4 is 25.5 Å².